The van der Waals surface area contributed by atoms with Gasteiger partial charge in [0, 0.05) is 30.8 Å². The van der Waals surface area contributed by atoms with Crippen LogP contribution in [0.25, 0.3) is 10.4 Å². The lowest BCUT2D eigenvalue weighted by Crippen LogP contribution is -2.12. The fourth-order valence-electron chi connectivity index (χ4n) is 1.70. The summed E-state index contributed by atoms with van der Waals surface area (Å²) in [6.07, 6.45) is 1.18. The zero-order valence-electron chi connectivity index (χ0n) is 10.2. The van der Waals surface area contributed by atoms with Crippen molar-refractivity contribution in [1.82, 2.24) is 5.32 Å². The largest absolute Gasteiger partial charge is 0.312 e. The lowest BCUT2D eigenvalue weighted by atomic mass is 10.2. The molecule has 0 spiro atoms. The van der Waals surface area contributed by atoms with Crippen LogP contribution < -0.4 is 5.32 Å². The van der Waals surface area contributed by atoms with Crippen molar-refractivity contribution in [3.8, 4) is 10.4 Å². The fraction of sp³-hybridized carbons (Fsp3) is 0.286. The fourth-order valence-corrected chi connectivity index (χ4v) is 4.10. The molecule has 2 aromatic rings. The molecule has 0 saturated heterocycles. The van der Waals surface area contributed by atoms with Crippen molar-refractivity contribution in [2.24, 2.45) is 0 Å². The van der Waals surface area contributed by atoms with Crippen LogP contribution in [0.5, 0.6) is 0 Å². The van der Waals surface area contributed by atoms with Gasteiger partial charge >= 0.3 is 0 Å². The van der Waals surface area contributed by atoms with Crippen molar-refractivity contribution in [1.29, 1.82) is 0 Å². The maximum absolute atomic E-state index is 3.62. The molecule has 4 heteroatoms. The molecular formula is C14H15Br2NS. The average Bonchev–Trinajstić information content (AvgIpc) is 2.78. The molecule has 96 valence electrons. The van der Waals surface area contributed by atoms with Crippen LogP contribution in [-0.2, 0) is 6.54 Å². The first-order chi connectivity index (χ1) is 8.70. The Morgan fingerprint density at radius 3 is 2.72 bits per heavy atom. The van der Waals surface area contributed by atoms with E-state index in [1.54, 1.807) is 0 Å². The number of benzene rings is 1. The van der Waals surface area contributed by atoms with Crippen molar-refractivity contribution in [3.63, 3.8) is 0 Å². The molecule has 0 aliphatic heterocycles. The zero-order valence-corrected chi connectivity index (χ0v) is 14.2. The highest BCUT2D eigenvalue weighted by Crippen LogP contribution is 2.35. The second-order valence-electron chi connectivity index (χ2n) is 4.07. The second kappa shape index (κ2) is 6.85. The third-order valence-corrected chi connectivity index (χ3v) is 4.85. The van der Waals surface area contributed by atoms with Gasteiger partial charge in [-0.3, -0.25) is 0 Å². The van der Waals surface area contributed by atoms with E-state index in [9.17, 15) is 0 Å². The average molecular weight is 389 g/mol. The first kappa shape index (κ1) is 14.3. The van der Waals surface area contributed by atoms with E-state index in [2.05, 4.69) is 74.4 Å². The smallest absolute Gasteiger partial charge is 0.0357 e. The minimum Gasteiger partial charge on any atom is -0.312 e. The molecule has 0 saturated carbocycles. The van der Waals surface area contributed by atoms with E-state index >= 15 is 0 Å². The summed E-state index contributed by atoms with van der Waals surface area (Å²) in [5.74, 6) is 0. The summed E-state index contributed by atoms with van der Waals surface area (Å²) in [6.45, 7) is 4.23. The molecule has 1 aromatic heterocycles. The number of hydrogen-bond donors (Lipinski definition) is 1. The number of halogens is 2. The van der Waals surface area contributed by atoms with E-state index in [0.717, 1.165) is 22.0 Å². The maximum atomic E-state index is 3.62. The van der Waals surface area contributed by atoms with E-state index < -0.39 is 0 Å². The number of rotatable bonds is 5. The van der Waals surface area contributed by atoms with Gasteiger partial charge in [-0.1, -0.05) is 44.8 Å². The van der Waals surface area contributed by atoms with Crippen LogP contribution in [0.3, 0.4) is 0 Å². The van der Waals surface area contributed by atoms with Gasteiger partial charge in [0.25, 0.3) is 0 Å². The van der Waals surface area contributed by atoms with E-state index in [-0.39, 0.29) is 0 Å². The number of hydrogen-bond acceptors (Lipinski definition) is 2. The predicted molar refractivity (Wildman–Crippen MR) is 87.2 cm³/mol. The molecule has 1 N–H and O–H groups in total. The molecule has 0 atom stereocenters. The van der Waals surface area contributed by atoms with Gasteiger partial charge in [-0.15, -0.1) is 11.3 Å². The Bertz CT molecular complexity index is 522. The molecule has 0 radical (unpaired) electrons. The predicted octanol–water partition coefficient (Wildman–Crippen LogP) is 5.44. The van der Waals surface area contributed by atoms with Crippen LogP contribution in [0.15, 0.2) is 39.3 Å². The third kappa shape index (κ3) is 3.67. The van der Waals surface area contributed by atoms with Crippen molar-refractivity contribution >= 4 is 43.2 Å². The van der Waals surface area contributed by atoms with Crippen molar-refractivity contribution in [2.75, 3.05) is 6.54 Å². The van der Waals surface area contributed by atoms with Crippen molar-refractivity contribution in [2.45, 2.75) is 19.9 Å². The quantitative estimate of drug-likeness (QED) is 0.672. The summed E-state index contributed by atoms with van der Waals surface area (Å²) in [5.41, 5.74) is 1.25. The lowest BCUT2D eigenvalue weighted by Gasteiger charge is -2.02. The second-order valence-corrected chi connectivity index (χ2v) is 7.01. The highest BCUT2D eigenvalue weighted by molar-refractivity contribution is 9.11. The van der Waals surface area contributed by atoms with Crippen LogP contribution in [0.4, 0.5) is 0 Å². The van der Waals surface area contributed by atoms with Gasteiger partial charge < -0.3 is 5.32 Å². The van der Waals surface area contributed by atoms with Gasteiger partial charge in [0.05, 0.1) is 0 Å². The highest BCUT2D eigenvalue weighted by Gasteiger charge is 2.06. The van der Waals surface area contributed by atoms with E-state index in [1.807, 2.05) is 11.3 Å². The number of nitrogens with one attached hydrogen (secondary N) is 1. The normalized spacial score (nSPS) is 10.8. The summed E-state index contributed by atoms with van der Waals surface area (Å²) in [4.78, 5) is 2.69. The minimum absolute atomic E-state index is 0.965. The molecule has 0 bridgehead atoms. The molecule has 0 aliphatic rings. The molecule has 0 aliphatic carbocycles. The third-order valence-electron chi connectivity index (χ3n) is 2.58. The maximum Gasteiger partial charge on any atom is 0.0357 e. The molecule has 0 amide bonds. The summed E-state index contributed by atoms with van der Waals surface area (Å²) >= 11 is 8.95. The Balaban J connectivity index is 2.13. The van der Waals surface area contributed by atoms with Gasteiger partial charge in [-0.25, -0.2) is 0 Å². The van der Waals surface area contributed by atoms with Gasteiger partial charge in [0.2, 0.25) is 0 Å². The minimum atomic E-state index is 0.965. The molecule has 18 heavy (non-hydrogen) atoms. The van der Waals surface area contributed by atoms with Gasteiger partial charge in [-0.05, 0) is 37.2 Å². The van der Waals surface area contributed by atoms with Crippen LogP contribution in [0.2, 0.25) is 0 Å². The molecular weight excluding hydrogens is 374 g/mol. The Hall–Kier alpha value is -0.160. The Morgan fingerprint density at radius 1 is 1.17 bits per heavy atom. The highest BCUT2D eigenvalue weighted by atomic mass is 79.9. The summed E-state index contributed by atoms with van der Waals surface area (Å²) < 4.78 is 2.23. The summed E-state index contributed by atoms with van der Waals surface area (Å²) in [5, 5.41) is 3.43. The van der Waals surface area contributed by atoms with Gasteiger partial charge in [0.15, 0.2) is 0 Å². The van der Waals surface area contributed by atoms with E-state index in [4.69, 9.17) is 0 Å². The van der Waals surface area contributed by atoms with Crippen LogP contribution in [0, 0.1) is 0 Å². The standard InChI is InChI=1S/C14H15Br2NS/c1-2-7-17-9-11-4-6-14(18-11)12-5-3-10(15)8-13(12)16/h3-6,8,17H,2,7,9H2,1H3. The molecule has 0 fully saturated rings. The molecule has 1 heterocycles. The number of thiophene rings is 1. The van der Waals surface area contributed by atoms with Crippen molar-refractivity contribution < 1.29 is 0 Å². The van der Waals surface area contributed by atoms with Gasteiger partial charge in [0.1, 0.15) is 0 Å². The Morgan fingerprint density at radius 2 is 2.00 bits per heavy atom. The van der Waals surface area contributed by atoms with Gasteiger partial charge in [-0.2, -0.15) is 0 Å². The molecule has 0 unspecified atom stereocenters. The monoisotopic (exact) mass is 387 g/mol. The van der Waals surface area contributed by atoms with Crippen LogP contribution in [-0.4, -0.2) is 6.54 Å². The van der Waals surface area contributed by atoms with Crippen LogP contribution >= 0.6 is 43.2 Å². The zero-order chi connectivity index (χ0) is 13.0. The molecule has 1 aromatic carbocycles. The molecule has 2 rings (SSSR count). The van der Waals surface area contributed by atoms with E-state index in [0.29, 0.717) is 0 Å². The summed E-state index contributed by atoms with van der Waals surface area (Å²) in [7, 11) is 0. The topological polar surface area (TPSA) is 12.0 Å². The van der Waals surface area contributed by atoms with Crippen LogP contribution in [0.1, 0.15) is 18.2 Å². The van der Waals surface area contributed by atoms with E-state index in [1.165, 1.54) is 21.7 Å². The first-order valence-corrected chi connectivity index (χ1v) is 8.36. The Kier molecular flexibility index (Phi) is 5.42. The summed E-state index contributed by atoms with van der Waals surface area (Å²) in [6, 6.07) is 10.7. The first-order valence-electron chi connectivity index (χ1n) is 5.95. The molecule has 1 nitrogen and oxygen atoms in total. The Labute approximate surface area is 129 Å². The SMILES string of the molecule is CCCNCc1ccc(-c2ccc(Br)cc2Br)s1. The lowest BCUT2D eigenvalue weighted by molar-refractivity contribution is 0.681. The van der Waals surface area contributed by atoms with Crippen molar-refractivity contribution in [3.05, 3.63) is 44.2 Å².